The number of nitrogens with zero attached hydrogens (tertiary/aromatic N) is 2. The Kier molecular flexibility index (Phi) is 3.13. The molecule has 0 aromatic carbocycles. The summed E-state index contributed by atoms with van der Waals surface area (Å²) in [7, 11) is 0. The molecule has 2 aliphatic rings. The second-order valence-electron chi connectivity index (χ2n) is 5.80. The minimum absolute atomic E-state index is 0.833. The monoisotopic (exact) mass is 196 g/mol. The summed E-state index contributed by atoms with van der Waals surface area (Å²) >= 11 is 0. The second-order valence-corrected chi connectivity index (χ2v) is 5.80. The molecule has 82 valence electrons. The standard InChI is InChI=1S/C12H24N2/c1-10(2)4-13-7-12(8-13)9-14-5-11(3)6-14/h10-12H,4-9H2,1-3H3. The predicted octanol–water partition coefficient (Wildman–Crippen LogP) is 1.53. The lowest BCUT2D eigenvalue weighted by Crippen LogP contribution is -2.56. The van der Waals surface area contributed by atoms with E-state index in [1.54, 1.807) is 0 Å². The Labute approximate surface area is 88.3 Å². The van der Waals surface area contributed by atoms with Crippen LogP contribution in [0.5, 0.6) is 0 Å². The average molecular weight is 196 g/mol. The molecule has 0 unspecified atom stereocenters. The molecule has 0 bridgehead atoms. The molecule has 0 N–H and O–H groups in total. The van der Waals surface area contributed by atoms with Crippen molar-refractivity contribution < 1.29 is 0 Å². The van der Waals surface area contributed by atoms with Crippen molar-refractivity contribution in [3.8, 4) is 0 Å². The van der Waals surface area contributed by atoms with E-state index in [2.05, 4.69) is 30.6 Å². The van der Waals surface area contributed by atoms with E-state index >= 15 is 0 Å². The van der Waals surface area contributed by atoms with Gasteiger partial charge >= 0.3 is 0 Å². The van der Waals surface area contributed by atoms with E-state index in [0.29, 0.717) is 0 Å². The molecule has 0 aromatic heterocycles. The van der Waals surface area contributed by atoms with E-state index in [0.717, 1.165) is 17.8 Å². The van der Waals surface area contributed by atoms with Crippen LogP contribution in [-0.2, 0) is 0 Å². The molecular formula is C12H24N2. The molecule has 2 heteroatoms. The highest BCUT2D eigenvalue weighted by Crippen LogP contribution is 2.22. The molecule has 0 saturated carbocycles. The first kappa shape index (κ1) is 10.4. The lowest BCUT2D eigenvalue weighted by molar-refractivity contribution is 0.0213. The van der Waals surface area contributed by atoms with Crippen LogP contribution in [0.1, 0.15) is 20.8 Å². The van der Waals surface area contributed by atoms with Gasteiger partial charge in [0.2, 0.25) is 0 Å². The summed E-state index contributed by atoms with van der Waals surface area (Å²) in [5.74, 6) is 2.77. The second kappa shape index (κ2) is 4.19. The molecule has 0 aliphatic carbocycles. The van der Waals surface area contributed by atoms with Gasteiger partial charge in [-0.1, -0.05) is 20.8 Å². The Hall–Kier alpha value is -0.0800. The lowest BCUT2D eigenvalue weighted by Gasteiger charge is -2.46. The van der Waals surface area contributed by atoms with Gasteiger partial charge in [0.25, 0.3) is 0 Å². The highest BCUT2D eigenvalue weighted by molar-refractivity contribution is 4.86. The van der Waals surface area contributed by atoms with Gasteiger partial charge in [0, 0.05) is 39.3 Å². The fourth-order valence-electron chi connectivity index (χ4n) is 2.80. The van der Waals surface area contributed by atoms with Gasteiger partial charge in [-0.25, -0.2) is 0 Å². The van der Waals surface area contributed by atoms with Crippen LogP contribution in [-0.4, -0.2) is 49.1 Å². The maximum Gasteiger partial charge on any atom is 0.00344 e. The van der Waals surface area contributed by atoms with Crippen LogP contribution in [0.4, 0.5) is 0 Å². The Bertz CT molecular complexity index is 179. The fourth-order valence-corrected chi connectivity index (χ4v) is 2.80. The van der Waals surface area contributed by atoms with Crippen molar-refractivity contribution in [1.82, 2.24) is 9.80 Å². The van der Waals surface area contributed by atoms with Crippen LogP contribution in [0.25, 0.3) is 0 Å². The normalized spacial score (nSPS) is 26.6. The minimum Gasteiger partial charge on any atom is -0.302 e. The molecule has 2 aliphatic heterocycles. The molecule has 0 spiro atoms. The molecule has 2 rings (SSSR count). The summed E-state index contributed by atoms with van der Waals surface area (Å²) in [6, 6.07) is 0. The van der Waals surface area contributed by atoms with E-state index in [1.165, 1.54) is 39.3 Å². The van der Waals surface area contributed by atoms with Gasteiger partial charge in [-0.15, -0.1) is 0 Å². The average Bonchev–Trinajstić information content (AvgIpc) is 1.96. The Balaban J connectivity index is 1.55. The maximum absolute atomic E-state index is 2.61. The quantitative estimate of drug-likeness (QED) is 0.673. The molecular weight excluding hydrogens is 172 g/mol. The number of hydrogen-bond donors (Lipinski definition) is 0. The molecule has 0 amide bonds. The topological polar surface area (TPSA) is 6.48 Å². The summed E-state index contributed by atoms with van der Waals surface area (Å²) in [6.07, 6.45) is 0. The van der Waals surface area contributed by atoms with E-state index in [-0.39, 0.29) is 0 Å². The summed E-state index contributed by atoms with van der Waals surface area (Å²) in [4.78, 5) is 5.21. The Morgan fingerprint density at radius 2 is 1.71 bits per heavy atom. The first-order valence-electron chi connectivity index (χ1n) is 6.08. The maximum atomic E-state index is 2.61. The van der Waals surface area contributed by atoms with Crippen molar-refractivity contribution in [2.24, 2.45) is 17.8 Å². The third-order valence-corrected chi connectivity index (χ3v) is 3.31. The molecule has 2 heterocycles. The van der Waals surface area contributed by atoms with Crippen LogP contribution >= 0.6 is 0 Å². The van der Waals surface area contributed by atoms with Crippen LogP contribution in [0.15, 0.2) is 0 Å². The Morgan fingerprint density at radius 1 is 1.07 bits per heavy atom. The highest BCUT2D eigenvalue weighted by atomic mass is 15.2. The molecule has 0 radical (unpaired) electrons. The smallest absolute Gasteiger partial charge is 0.00344 e. The summed E-state index contributed by atoms with van der Waals surface area (Å²) in [5, 5.41) is 0. The van der Waals surface area contributed by atoms with Crippen molar-refractivity contribution in [3.05, 3.63) is 0 Å². The molecule has 0 aromatic rings. The summed E-state index contributed by atoms with van der Waals surface area (Å²) in [5.41, 5.74) is 0. The van der Waals surface area contributed by atoms with Crippen molar-refractivity contribution in [2.45, 2.75) is 20.8 Å². The number of likely N-dealkylation sites (tertiary alicyclic amines) is 2. The third kappa shape index (κ3) is 2.48. The Morgan fingerprint density at radius 3 is 2.21 bits per heavy atom. The van der Waals surface area contributed by atoms with Crippen LogP contribution < -0.4 is 0 Å². The molecule has 2 nitrogen and oxygen atoms in total. The van der Waals surface area contributed by atoms with Crippen LogP contribution in [0.3, 0.4) is 0 Å². The largest absolute Gasteiger partial charge is 0.302 e. The summed E-state index contributed by atoms with van der Waals surface area (Å²) < 4.78 is 0. The number of hydrogen-bond acceptors (Lipinski definition) is 2. The SMILES string of the molecule is CC(C)CN1CC(CN2CC(C)C2)C1. The van der Waals surface area contributed by atoms with Crippen LogP contribution in [0, 0.1) is 17.8 Å². The van der Waals surface area contributed by atoms with Gasteiger partial charge in [0.05, 0.1) is 0 Å². The predicted molar refractivity (Wildman–Crippen MR) is 60.4 cm³/mol. The van der Waals surface area contributed by atoms with Crippen molar-refractivity contribution in [1.29, 1.82) is 0 Å². The fraction of sp³-hybridized carbons (Fsp3) is 1.00. The van der Waals surface area contributed by atoms with E-state index < -0.39 is 0 Å². The molecule has 0 atom stereocenters. The van der Waals surface area contributed by atoms with Gasteiger partial charge in [-0.3, -0.25) is 0 Å². The van der Waals surface area contributed by atoms with E-state index in [9.17, 15) is 0 Å². The summed E-state index contributed by atoms with van der Waals surface area (Å²) in [6.45, 7) is 15.0. The van der Waals surface area contributed by atoms with Crippen molar-refractivity contribution >= 4 is 0 Å². The van der Waals surface area contributed by atoms with Gasteiger partial charge in [-0.2, -0.15) is 0 Å². The van der Waals surface area contributed by atoms with E-state index in [4.69, 9.17) is 0 Å². The third-order valence-electron chi connectivity index (χ3n) is 3.31. The zero-order valence-electron chi connectivity index (χ0n) is 9.87. The van der Waals surface area contributed by atoms with E-state index in [1.807, 2.05) is 0 Å². The zero-order chi connectivity index (χ0) is 10.1. The molecule has 2 saturated heterocycles. The molecule has 2 fully saturated rings. The lowest BCUT2D eigenvalue weighted by atomic mass is 9.94. The van der Waals surface area contributed by atoms with Gasteiger partial charge < -0.3 is 9.80 Å². The van der Waals surface area contributed by atoms with Crippen molar-refractivity contribution in [3.63, 3.8) is 0 Å². The van der Waals surface area contributed by atoms with Crippen molar-refractivity contribution in [2.75, 3.05) is 39.3 Å². The zero-order valence-corrected chi connectivity index (χ0v) is 9.87. The van der Waals surface area contributed by atoms with Gasteiger partial charge in [0.15, 0.2) is 0 Å². The highest BCUT2D eigenvalue weighted by Gasteiger charge is 2.31. The number of rotatable bonds is 4. The first-order valence-corrected chi connectivity index (χ1v) is 6.08. The first-order chi connectivity index (χ1) is 6.63. The van der Waals surface area contributed by atoms with Gasteiger partial charge in [-0.05, 0) is 17.8 Å². The van der Waals surface area contributed by atoms with Crippen LogP contribution in [0.2, 0.25) is 0 Å². The minimum atomic E-state index is 0.833. The van der Waals surface area contributed by atoms with Gasteiger partial charge in [0.1, 0.15) is 0 Å². The molecule has 14 heavy (non-hydrogen) atoms.